The summed E-state index contributed by atoms with van der Waals surface area (Å²) in [6, 6.07) is 1.57. The summed E-state index contributed by atoms with van der Waals surface area (Å²) < 4.78 is 0. The van der Waals surface area contributed by atoms with Crippen LogP contribution in [0.3, 0.4) is 0 Å². The number of aromatic amines is 1. The van der Waals surface area contributed by atoms with Crippen LogP contribution >= 0.6 is 11.8 Å². The molecule has 1 fully saturated rings. The predicted molar refractivity (Wildman–Crippen MR) is 100 cm³/mol. The highest BCUT2D eigenvalue weighted by Crippen LogP contribution is 2.20. The van der Waals surface area contributed by atoms with Crippen molar-refractivity contribution in [2.75, 3.05) is 18.0 Å². The molecule has 3 heterocycles. The average Bonchev–Trinajstić information content (AvgIpc) is 2.62. The van der Waals surface area contributed by atoms with Crippen LogP contribution in [0.1, 0.15) is 25.5 Å². The maximum absolute atomic E-state index is 12.4. The molecule has 1 saturated heterocycles. The molecule has 2 aromatic heterocycles. The van der Waals surface area contributed by atoms with E-state index in [1.54, 1.807) is 25.5 Å². The number of anilines is 1. The van der Waals surface area contributed by atoms with Gasteiger partial charge in [0, 0.05) is 43.3 Å². The van der Waals surface area contributed by atoms with E-state index in [-0.39, 0.29) is 22.8 Å². The Morgan fingerprint density at radius 1 is 1.38 bits per heavy atom. The second-order valence-electron chi connectivity index (χ2n) is 6.29. The van der Waals surface area contributed by atoms with Gasteiger partial charge in [-0.25, -0.2) is 9.97 Å². The minimum Gasteiger partial charge on any atom is -0.355 e. The topological polar surface area (TPSA) is 104 Å². The zero-order chi connectivity index (χ0) is 18.5. The number of H-pyrrole nitrogens is 1. The van der Waals surface area contributed by atoms with Crippen molar-refractivity contribution in [2.24, 2.45) is 0 Å². The lowest BCUT2D eigenvalue weighted by atomic mass is 10.0. The Morgan fingerprint density at radius 2 is 2.15 bits per heavy atom. The van der Waals surface area contributed by atoms with Gasteiger partial charge in [0.1, 0.15) is 5.82 Å². The third kappa shape index (κ3) is 4.81. The lowest BCUT2D eigenvalue weighted by Gasteiger charge is -2.33. The van der Waals surface area contributed by atoms with Crippen molar-refractivity contribution in [3.63, 3.8) is 0 Å². The van der Waals surface area contributed by atoms with E-state index in [1.165, 1.54) is 17.8 Å². The number of hydrogen-bond donors (Lipinski definition) is 2. The molecule has 0 bridgehead atoms. The van der Waals surface area contributed by atoms with Crippen molar-refractivity contribution in [1.29, 1.82) is 0 Å². The molecule has 0 saturated carbocycles. The number of hydrogen-bond acceptors (Lipinski definition) is 7. The monoisotopic (exact) mass is 374 g/mol. The normalized spacial score (nSPS) is 16.3. The molecule has 1 amide bonds. The van der Waals surface area contributed by atoms with E-state index in [0.717, 1.165) is 31.7 Å². The van der Waals surface area contributed by atoms with Gasteiger partial charge in [0.15, 0.2) is 5.16 Å². The fourth-order valence-electron chi connectivity index (χ4n) is 2.85. The number of amides is 1. The summed E-state index contributed by atoms with van der Waals surface area (Å²) in [6.45, 7) is 5.24. The molecule has 1 aliphatic heterocycles. The first-order chi connectivity index (χ1) is 12.5. The van der Waals surface area contributed by atoms with Crippen molar-refractivity contribution in [2.45, 2.75) is 43.1 Å². The third-order valence-electron chi connectivity index (χ3n) is 4.22. The first-order valence-electron chi connectivity index (χ1n) is 8.57. The standard InChI is InChI=1S/C17H22N6O2S/c1-11-9-15(24)22-17(20-11)26-12(2)16(25)21-13-3-7-23(8-4-13)14-10-18-5-6-19-14/h5-6,9-10,12-13H,3-4,7-8H2,1-2H3,(H,21,25)(H,20,22,24)/t12-/m0/s1. The molecule has 0 spiro atoms. The second-order valence-corrected chi connectivity index (χ2v) is 7.62. The Hall–Kier alpha value is -2.42. The molecule has 0 aromatic carbocycles. The molecule has 2 N–H and O–H groups in total. The van der Waals surface area contributed by atoms with Crippen molar-refractivity contribution < 1.29 is 4.79 Å². The van der Waals surface area contributed by atoms with Gasteiger partial charge in [-0.15, -0.1) is 0 Å². The Balaban J connectivity index is 1.50. The number of carbonyl (C=O) groups excluding carboxylic acids is 1. The van der Waals surface area contributed by atoms with Crippen LogP contribution in [0.25, 0.3) is 0 Å². The predicted octanol–water partition coefficient (Wildman–Crippen LogP) is 1.13. The summed E-state index contributed by atoms with van der Waals surface area (Å²) in [5.41, 5.74) is 0.434. The van der Waals surface area contributed by atoms with Crippen LogP contribution in [-0.2, 0) is 4.79 Å². The largest absolute Gasteiger partial charge is 0.355 e. The van der Waals surface area contributed by atoms with Crippen LogP contribution < -0.4 is 15.8 Å². The number of aromatic nitrogens is 4. The average molecular weight is 374 g/mol. The summed E-state index contributed by atoms with van der Waals surface area (Å²) >= 11 is 1.26. The first kappa shape index (κ1) is 18.4. The van der Waals surface area contributed by atoms with E-state index in [1.807, 2.05) is 6.92 Å². The quantitative estimate of drug-likeness (QED) is 0.597. The summed E-state index contributed by atoms with van der Waals surface area (Å²) in [7, 11) is 0. The van der Waals surface area contributed by atoms with Gasteiger partial charge in [-0.05, 0) is 26.7 Å². The number of nitrogens with one attached hydrogen (secondary N) is 2. The molecule has 26 heavy (non-hydrogen) atoms. The van der Waals surface area contributed by atoms with Gasteiger partial charge in [0.25, 0.3) is 5.56 Å². The molecular formula is C17H22N6O2S. The van der Waals surface area contributed by atoms with E-state index in [9.17, 15) is 9.59 Å². The lowest BCUT2D eigenvalue weighted by Crippen LogP contribution is -2.46. The van der Waals surface area contributed by atoms with Crippen LogP contribution in [0.5, 0.6) is 0 Å². The van der Waals surface area contributed by atoms with Crippen LogP contribution in [0.2, 0.25) is 0 Å². The molecule has 0 radical (unpaired) electrons. The minimum absolute atomic E-state index is 0.0443. The molecule has 8 nitrogen and oxygen atoms in total. The molecule has 1 aliphatic rings. The smallest absolute Gasteiger partial charge is 0.251 e. The maximum atomic E-state index is 12.4. The highest BCUT2D eigenvalue weighted by Gasteiger charge is 2.24. The molecule has 2 aromatic rings. The van der Waals surface area contributed by atoms with E-state index in [2.05, 4.69) is 30.2 Å². The summed E-state index contributed by atoms with van der Waals surface area (Å²) in [5, 5.41) is 3.23. The van der Waals surface area contributed by atoms with Gasteiger partial charge >= 0.3 is 0 Å². The Kier molecular flexibility index (Phi) is 5.87. The summed E-state index contributed by atoms with van der Waals surface area (Å²) in [5.74, 6) is 0.827. The Morgan fingerprint density at radius 3 is 2.81 bits per heavy atom. The third-order valence-corrected chi connectivity index (χ3v) is 5.20. The van der Waals surface area contributed by atoms with Gasteiger partial charge < -0.3 is 15.2 Å². The van der Waals surface area contributed by atoms with Crippen LogP contribution in [0.15, 0.2) is 34.6 Å². The number of rotatable bonds is 5. The second kappa shape index (κ2) is 8.31. The van der Waals surface area contributed by atoms with Crippen LogP contribution in [0, 0.1) is 6.92 Å². The van der Waals surface area contributed by atoms with Gasteiger partial charge in [-0.3, -0.25) is 14.6 Å². The number of thioether (sulfide) groups is 1. The lowest BCUT2D eigenvalue weighted by molar-refractivity contribution is -0.121. The number of piperidine rings is 1. The Labute approximate surface area is 155 Å². The van der Waals surface area contributed by atoms with Gasteiger partial charge in [0.2, 0.25) is 5.91 Å². The SMILES string of the molecule is Cc1cc(=O)[nH]c(S[C@@H](C)C(=O)NC2CCN(c3cnccn3)CC2)n1. The van der Waals surface area contributed by atoms with Crippen molar-refractivity contribution >= 4 is 23.5 Å². The highest BCUT2D eigenvalue weighted by molar-refractivity contribution is 8.00. The van der Waals surface area contributed by atoms with Crippen LogP contribution in [0.4, 0.5) is 5.82 Å². The van der Waals surface area contributed by atoms with Gasteiger partial charge in [0.05, 0.1) is 11.4 Å². The molecule has 9 heteroatoms. The Bertz CT molecular complexity index is 804. The highest BCUT2D eigenvalue weighted by atomic mass is 32.2. The zero-order valence-electron chi connectivity index (χ0n) is 14.8. The summed E-state index contributed by atoms with van der Waals surface area (Å²) in [6.07, 6.45) is 6.82. The molecule has 3 rings (SSSR count). The maximum Gasteiger partial charge on any atom is 0.251 e. The van der Waals surface area contributed by atoms with E-state index >= 15 is 0 Å². The van der Waals surface area contributed by atoms with Gasteiger partial charge in [-0.2, -0.15) is 0 Å². The molecular weight excluding hydrogens is 352 g/mol. The molecule has 1 atom stereocenters. The number of carbonyl (C=O) groups is 1. The number of nitrogens with zero attached hydrogens (tertiary/aromatic N) is 4. The van der Waals surface area contributed by atoms with E-state index in [4.69, 9.17) is 0 Å². The molecule has 138 valence electrons. The summed E-state index contributed by atoms with van der Waals surface area (Å²) in [4.78, 5) is 41.5. The number of aryl methyl sites for hydroxylation is 1. The molecule has 0 aliphatic carbocycles. The first-order valence-corrected chi connectivity index (χ1v) is 9.45. The zero-order valence-corrected chi connectivity index (χ0v) is 15.6. The van der Waals surface area contributed by atoms with Gasteiger partial charge in [-0.1, -0.05) is 11.8 Å². The fraction of sp³-hybridized carbons (Fsp3) is 0.471. The van der Waals surface area contributed by atoms with Crippen molar-refractivity contribution in [3.05, 3.63) is 40.7 Å². The van der Waals surface area contributed by atoms with Crippen molar-refractivity contribution in [3.8, 4) is 0 Å². The van der Waals surface area contributed by atoms with E-state index < -0.39 is 0 Å². The van der Waals surface area contributed by atoms with Crippen molar-refractivity contribution in [1.82, 2.24) is 25.3 Å². The molecule has 0 unspecified atom stereocenters. The fourth-order valence-corrected chi connectivity index (χ4v) is 3.72. The van der Waals surface area contributed by atoms with E-state index in [0.29, 0.717) is 10.9 Å². The minimum atomic E-state index is -0.335. The van der Waals surface area contributed by atoms with Crippen LogP contribution in [-0.4, -0.2) is 50.2 Å².